The molecule has 78 valence electrons. The quantitative estimate of drug-likeness (QED) is 0.817. The highest BCUT2D eigenvalue weighted by Crippen LogP contribution is 2.48. The van der Waals surface area contributed by atoms with Gasteiger partial charge in [-0.15, -0.1) is 0 Å². The molecule has 0 spiro atoms. The van der Waals surface area contributed by atoms with Crippen molar-refractivity contribution in [2.24, 2.45) is 0 Å². The zero-order chi connectivity index (χ0) is 10.6. The van der Waals surface area contributed by atoms with E-state index in [9.17, 15) is 4.57 Å². The molecule has 0 saturated heterocycles. The van der Waals surface area contributed by atoms with Crippen molar-refractivity contribution in [3.63, 3.8) is 0 Å². The van der Waals surface area contributed by atoms with Gasteiger partial charge in [-0.2, -0.15) is 4.08 Å². The van der Waals surface area contributed by atoms with Crippen LogP contribution in [0.25, 0.3) is 0 Å². The van der Waals surface area contributed by atoms with Crippen molar-refractivity contribution in [3.8, 4) is 0 Å². The molecule has 0 saturated carbocycles. The van der Waals surface area contributed by atoms with Gasteiger partial charge < -0.3 is 4.89 Å². The second-order valence-corrected chi connectivity index (χ2v) is 4.40. The molecule has 0 heterocycles. The first-order valence-electron chi connectivity index (χ1n) is 3.91. The van der Waals surface area contributed by atoms with Gasteiger partial charge in [0.25, 0.3) is 0 Å². The summed E-state index contributed by atoms with van der Waals surface area (Å²) < 4.78 is 19.5. The SMILES string of the molecule is CC(OP(=O)(O)OCl)c1ccccc1. The molecule has 1 rings (SSSR count). The van der Waals surface area contributed by atoms with Gasteiger partial charge in [-0.3, -0.25) is 4.52 Å². The number of halogens is 1. The smallest absolute Gasteiger partial charge is 0.302 e. The Balaban J connectivity index is 2.68. The van der Waals surface area contributed by atoms with Gasteiger partial charge in [-0.25, -0.2) is 4.57 Å². The van der Waals surface area contributed by atoms with E-state index >= 15 is 0 Å². The fourth-order valence-electron chi connectivity index (χ4n) is 1.00. The average Bonchev–Trinajstić information content (AvgIpc) is 2.19. The zero-order valence-electron chi connectivity index (χ0n) is 7.46. The molecule has 2 unspecified atom stereocenters. The predicted molar refractivity (Wildman–Crippen MR) is 52.7 cm³/mol. The maximum absolute atomic E-state index is 10.9. The maximum Gasteiger partial charge on any atom is 0.489 e. The van der Waals surface area contributed by atoms with Crippen molar-refractivity contribution in [3.05, 3.63) is 35.9 Å². The third kappa shape index (κ3) is 3.40. The normalized spacial score (nSPS) is 17.4. The van der Waals surface area contributed by atoms with Gasteiger partial charge in [0.05, 0.1) is 18.0 Å². The molecule has 0 aliphatic rings. The molecule has 4 nitrogen and oxygen atoms in total. The zero-order valence-corrected chi connectivity index (χ0v) is 9.11. The average molecular weight is 237 g/mol. The summed E-state index contributed by atoms with van der Waals surface area (Å²) >= 11 is 4.79. The van der Waals surface area contributed by atoms with Crippen LogP contribution in [0, 0.1) is 0 Å². The summed E-state index contributed by atoms with van der Waals surface area (Å²) in [6.45, 7) is 1.63. The van der Waals surface area contributed by atoms with Crippen molar-refractivity contribution >= 4 is 19.7 Å². The third-order valence-corrected chi connectivity index (χ3v) is 2.93. The molecule has 0 fully saturated rings. The lowest BCUT2D eigenvalue weighted by atomic mass is 10.1. The highest BCUT2D eigenvalue weighted by molar-refractivity contribution is 7.48. The van der Waals surface area contributed by atoms with Gasteiger partial charge >= 0.3 is 7.82 Å². The molecular formula is C8H10ClO4P. The second kappa shape index (κ2) is 4.91. The molecule has 2 atom stereocenters. The highest BCUT2D eigenvalue weighted by atomic mass is 35.5. The van der Waals surface area contributed by atoms with E-state index in [1.807, 2.05) is 6.07 Å². The summed E-state index contributed by atoms with van der Waals surface area (Å²) in [5.74, 6) is 0. The first kappa shape index (κ1) is 11.7. The Morgan fingerprint density at radius 1 is 1.43 bits per heavy atom. The number of rotatable bonds is 4. The summed E-state index contributed by atoms with van der Waals surface area (Å²) in [6, 6.07) is 9.00. The first-order valence-corrected chi connectivity index (χ1v) is 5.72. The molecule has 0 aliphatic heterocycles. The van der Waals surface area contributed by atoms with Crippen LogP contribution in [0.3, 0.4) is 0 Å². The van der Waals surface area contributed by atoms with Crippen molar-refractivity contribution in [1.29, 1.82) is 0 Å². The van der Waals surface area contributed by atoms with E-state index in [0.717, 1.165) is 5.56 Å². The molecular weight excluding hydrogens is 227 g/mol. The molecule has 0 aromatic heterocycles. The third-order valence-electron chi connectivity index (χ3n) is 1.65. The predicted octanol–water partition coefficient (Wildman–Crippen LogP) is 3.04. The first-order chi connectivity index (χ1) is 6.55. The minimum atomic E-state index is -4.13. The van der Waals surface area contributed by atoms with Crippen molar-refractivity contribution in [2.75, 3.05) is 0 Å². The van der Waals surface area contributed by atoms with Crippen LogP contribution < -0.4 is 0 Å². The Bertz CT molecular complexity index is 329. The number of hydrogen-bond acceptors (Lipinski definition) is 3. The number of phosphoric ester groups is 1. The summed E-state index contributed by atoms with van der Waals surface area (Å²) in [5, 5.41) is 0. The minimum Gasteiger partial charge on any atom is -0.302 e. The molecule has 0 amide bonds. The van der Waals surface area contributed by atoms with Crippen LogP contribution in [0.5, 0.6) is 0 Å². The van der Waals surface area contributed by atoms with E-state index in [-0.39, 0.29) is 0 Å². The Kier molecular flexibility index (Phi) is 4.11. The molecule has 1 aromatic carbocycles. The highest BCUT2D eigenvalue weighted by Gasteiger charge is 2.24. The van der Waals surface area contributed by atoms with Crippen LogP contribution in [0.1, 0.15) is 18.6 Å². The van der Waals surface area contributed by atoms with Crippen LogP contribution in [0.15, 0.2) is 30.3 Å². The van der Waals surface area contributed by atoms with E-state index < -0.39 is 13.9 Å². The molecule has 6 heteroatoms. The number of hydrogen-bond donors (Lipinski definition) is 1. The largest absolute Gasteiger partial charge is 0.489 e. The number of phosphoric acid groups is 1. The van der Waals surface area contributed by atoms with Gasteiger partial charge in [0.1, 0.15) is 0 Å². The molecule has 1 aromatic rings. The van der Waals surface area contributed by atoms with E-state index in [1.165, 1.54) is 0 Å². The van der Waals surface area contributed by atoms with Crippen LogP contribution in [-0.4, -0.2) is 4.89 Å². The summed E-state index contributed by atoms with van der Waals surface area (Å²) in [7, 11) is -4.13. The van der Waals surface area contributed by atoms with E-state index in [4.69, 9.17) is 21.3 Å². The Labute approximate surface area is 87.2 Å². The summed E-state index contributed by atoms with van der Waals surface area (Å²) in [4.78, 5) is 8.93. The van der Waals surface area contributed by atoms with E-state index in [0.29, 0.717) is 0 Å². The fourth-order valence-corrected chi connectivity index (χ4v) is 1.65. The lowest BCUT2D eigenvalue weighted by Crippen LogP contribution is -1.97. The molecule has 0 aliphatic carbocycles. The van der Waals surface area contributed by atoms with Crippen molar-refractivity contribution in [1.82, 2.24) is 0 Å². The molecule has 0 radical (unpaired) electrons. The van der Waals surface area contributed by atoms with Crippen molar-refractivity contribution < 1.29 is 18.1 Å². The Morgan fingerprint density at radius 2 is 2.00 bits per heavy atom. The van der Waals surface area contributed by atoms with Gasteiger partial charge in [0.15, 0.2) is 0 Å². The summed E-state index contributed by atoms with van der Waals surface area (Å²) in [5.41, 5.74) is 0.774. The maximum atomic E-state index is 10.9. The van der Waals surface area contributed by atoms with E-state index in [1.54, 1.807) is 31.2 Å². The van der Waals surface area contributed by atoms with Gasteiger partial charge in [0, 0.05) is 0 Å². The minimum absolute atomic E-state index is 0.550. The number of benzene rings is 1. The van der Waals surface area contributed by atoms with E-state index in [2.05, 4.69) is 4.08 Å². The fraction of sp³-hybridized carbons (Fsp3) is 0.250. The lowest BCUT2D eigenvalue weighted by Gasteiger charge is -2.14. The molecule has 0 bridgehead atoms. The van der Waals surface area contributed by atoms with Crippen LogP contribution in [-0.2, 0) is 13.2 Å². The standard InChI is InChI=1S/C8H10ClO4P/c1-7(12-14(10,11)13-9)8-5-3-2-4-6-8/h2-7H,1H3,(H,10,11). The lowest BCUT2D eigenvalue weighted by molar-refractivity contribution is 0.154. The molecule has 14 heavy (non-hydrogen) atoms. The molecule has 1 N–H and O–H groups in total. The van der Waals surface area contributed by atoms with Gasteiger partial charge in [-0.05, 0) is 12.5 Å². The van der Waals surface area contributed by atoms with Crippen LogP contribution in [0.4, 0.5) is 0 Å². The van der Waals surface area contributed by atoms with Crippen molar-refractivity contribution in [2.45, 2.75) is 13.0 Å². The topological polar surface area (TPSA) is 55.8 Å². The van der Waals surface area contributed by atoms with Gasteiger partial charge in [0.2, 0.25) is 0 Å². The van der Waals surface area contributed by atoms with Crippen LogP contribution in [0.2, 0.25) is 0 Å². The second-order valence-electron chi connectivity index (χ2n) is 2.70. The van der Waals surface area contributed by atoms with Gasteiger partial charge in [-0.1, -0.05) is 30.3 Å². The van der Waals surface area contributed by atoms with Crippen LogP contribution >= 0.6 is 19.7 Å². The summed E-state index contributed by atoms with van der Waals surface area (Å²) in [6.07, 6.45) is -0.550. The Morgan fingerprint density at radius 3 is 2.50 bits per heavy atom. The monoisotopic (exact) mass is 236 g/mol. The Hall–Kier alpha value is -0.380.